The summed E-state index contributed by atoms with van der Waals surface area (Å²) in [7, 11) is 0. The number of rotatable bonds is 9. The van der Waals surface area contributed by atoms with Crippen molar-refractivity contribution in [3.8, 4) is 16.9 Å². The van der Waals surface area contributed by atoms with Gasteiger partial charge in [-0.15, -0.1) is 0 Å². The van der Waals surface area contributed by atoms with Gasteiger partial charge in [0.1, 0.15) is 28.8 Å². The number of ether oxygens (including phenoxy) is 2. The van der Waals surface area contributed by atoms with Crippen LogP contribution in [0.5, 0.6) is 5.75 Å². The molecule has 0 unspecified atom stereocenters. The second-order valence-electron chi connectivity index (χ2n) is 9.58. The largest absolute Gasteiger partial charge is 0.432 e. The first-order chi connectivity index (χ1) is 18.5. The van der Waals surface area contributed by atoms with Crippen LogP contribution in [0.2, 0.25) is 0 Å². The highest BCUT2D eigenvalue weighted by Gasteiger charge is 2.41. The molecular weight excluding hydrogens is 532 g/mol. The molecule has 0 atom stereocenters. The number of hydrogen-bond donors (Lipinski definition) is 0. The Kier molecular flexibility index (Phi) is 8.83. The maximum atomic E-state index is 14.9. The van der Waals surface area contributed by atoms with E-state index in [9.17, 15) is 35.1 Å². The van der Waals surface area contributed by atoms with E-state index in [1.807, 2.05) is 6.92 Å². The molecule has 0 N–H and O–H groups in total. The van der Waals surface area contributed by atoms with Crippen LogP contribution in [0.25, 0.3) is 11.1 Å². The van der Waals surface area contributed by atoms with Crippen LogP contribution in [0, 0.1) is 40.8 Å². The van der Waals surface area contributed by atoms with Crippen molar-refractivity contribution in [3.05, 3.63) is 88.5 Å². The molecule has 0 spiro atoms. The molecule has 1 aliphatic rings. The smallest absolute Gasteiger partial charge is 0.429 e. The molecule has 39 heavy (non-hydrogen) atoms. The molecule has 210 valence electrons. The van der Waals surface area contributed by atoms with Gasteiger partial charge in [0.15, 0.2) is 17.5 Å². The Bertz CT molecular complexity index is 1270. The van der Waals surface area contributed by atoms with Crippen molar-refractivity contribution < 1.29 is 44.6 Å². The molecule has 10 heteroatoms. The fraction of sp³-hybridized carbons (Fsp3) is 0.379. The van der Waals surface area contributed by atoms with E-state index in [0.29, 0.717) is 50.2 Å². The molecule has 3 aromatic carbocycles. The first kappa shape index (κ1) is 28.9. The molecule has 0 aliphatic heterocycles. The van der Waals surface area contributed by atoms with Gasteiger partial charge in [-0.1, -0.05) is 0 Å². The highest BCUT2D eigenvalue weighted by Crippen LogP contribution is 2.41. The van der Waals surface area contributed by atoms with Gasteiger partial charge in [-0.05, 0) is 98.4 Å². The van der Waals surface area contributed by atoms with Crippen LogP contribution in [0.15, 0.2) is 42.5 Å². The lowest BCUT2D eigenvalue weighted by Crippen LogP contribution is -2.26. The van der Waals surface area contributed by atoms with Crippen LogP contribution >= 0.6 is 0 Å². The van der Waals surface area contributed by atoms with Crippen molar-refractivity contribution >= 4 is 0 Å². The average molecular weight is 559 g/mol. The van der Waals surface area contributed by atoms with Gasteiger partial charge >= 0.3 is 6.11 Å². The van der Waals surface area contributed by atoms with Crippen molar-refractivity contribution in [1.29, 1.82) is 0 Å². The van der Waals surface area contributed by atoms with Crippen LogP contribution in [0.1, 0.15) is 56.1 Å². The van der Waals surface area contributed by atoms with Gasteiger partial charge in [0, 0.05) is 24.8 Å². The molecular formula is C29H26F8O2. The highest BCUT2D eigenvalue weighted by atomic mass is 19.3. The Balaban J connectivity index is 1.49. The highest BCUT2D eigenvalue weighted by molar-refractivity contribution is 5.65. The molecule has 0 aromatic heterocycles. The lowest BCUT2D eigenvalue weighted by Gasteiger charge is -2.29. The third-order valence-corrected chi connectivity index (χ3v) is 7.03. The first-order valence-electron chi connectivity index (χ1n) is 12.6. The minimum absolute atomic E-state index is 0.177. The normalized spacial score (nSPS) is 17.9. The van der Waals surface area contributed by atoms with Crippen molar-refractivity contribution in [3.63, 3.8) is 0 Å². The second-order valence-corrected chi connectivity index (χ2v) is 9.58. The van der Waals surface area contributed by atoms with Gasteiger partial charge in [-0.2, -0.15) is 8.78 Å². The van der Waals surface area contributed by atoms with Gasteiger partial charge in [0.25, 0.3) is 0 Å². The van der Waals surface area contributed by atoms with Gasteiger partial charge in [0.2, 0.25) is 0 Å². The molecule has 4 rings (SSSR count). The molecule has 0 radical (unpaired) electrons. The molecule has 0 heterocycles. The van der Waals surface area contributed by atoms with E-state index in [1.165, 1.54) is 0 Å². The number of hydrogen-bond acceptors (Lipinski definition) is 2. The standard InChI is InChI=1S/C29H26F8O2/c1-2-38-10-9-16-3-5-17(6-4-16)18-11-23(31)27(24(32)12-18)29(36,37)39-20-7-8-21(22(30)15-20)19-13-25(33)28(35)26(34)14-19/h7-8,11-17H,2-6,9-10H2,1H3. The van der Waals surface area contributed by atoms with Gasteiger partial charge in [0.05, 0.1) is 0 Å². The zero-order valence-corrected chi connectivity index (χ0v) is 21.0. The molecule has 1 aliphatic carbocycles. The minimum atomic E-state index is -4.51. The van der Waals surface area contributed by atoms with Crippen LogP contribution in [-0.4, -0.2) is 13.2 Å². The molecule has 3 aromatic rings. The van der Waals surface area contributed by atoms with Crippen molar-refractivity contribution in [2.75, 3.05) is 13.2 Å². The molecule has 1 saturated carbocycles. The third-order valence-electron chi connectivity index (χ3n) is 7.03. The first-order valence-corrected chi connectivity index (χ1v) is 12.6. The maximum Gasteiger partial charge on any atom is 0.432 e. The Morgan fingerprint density at radius 3 is 1.95 bits per heavy atom. The molecule has 2 nitrogen and oxygen atoms in total. The van der Waals surface area contributed by atoms with Crippen LogP contribution < -0.4 is 4.74 Å². The van der Waals surface area contributed by atoms with E-state index in [-0.39, 0.29) is 11.5 Å². The fourth-order valence-electron chi connectivity index (χ4n) is 4.99. The van der Waals surface area contributed by atoms with Crippen LogP contribution in [0.4, 0.5) is 35.1 Å². The van der Waals surface area contributed by atoms with Crippen molar-refractivity contribution in [2.45, 2.75) is 51.1 Å². The van der Waals surface area contributed by atoms with Gasteiger partial charge in [-0.3, -0.25) is 0 Å². The summed E-state index contributed by atoms with van der Waals surface area (Å²) in [5.74, 6) is -9.65. The lowest BCUT2D eigenvalue weighted by molar-refractivity contribution is -0.189. The monoisotopic (exact) mass is 558 g/mol. The topological polar surface area (TPSA) is 18.5 Å². The number of benzene rings is 3. The van der Waals surface area contributed by atoms with E-state index in [2.05, 4.69) is 4.74 Å². The number of halogens is 8. The summed E-state index contributed by atoms with van der Waals surface area (Å²) < 4.78 is 124. The molecule has 0 saturated heterocycles. The van der Waals surface area contributed by atoms with Gasteiger partial charge in [-0.25, -0.2) is 26.3 Å². The summed E-state index contributed by atoms with van der Waals surface area (Å²) in [6, 6.07) is 4.99. The Hall–Kier alpha value is -3.14. The van der Waals surface area contributed by atoms with Crippen LogP contribution in [0.3, 0.4) is 0 Å². The summed E-state index contributed by atoms with van der Waals surface area (Å²) in [5.41, 5.74) is -2.17. The van der Waals surface area contributed by atoms with E-state index < -0.39 is 63.5 Å². The maximum absolute atomic E-state index is 14.9. The minimum Gasteiger partial charge on any atom is -0.429 e. The summed E-state index contributed by atoms with van der Waals surface area (Å²) in [4.78, 5) is 0. The quantitative estimate of drug-likeness (QED) is 0.148. The predicted octanol–water partition coefficient (Wildman–Crippen LogP) is 9.02. The molecule has 0 amide bonds. The Morgan fingerprint density at radius 1 is 0.769 bits per heavy atom. The van der Waals surface area contributed by atoms with Gasteiger partial charge < -0.3 is 9.47 Å². The fourth-order valence-corrected chi connectivity index (χ4v) is 4.99. The van der Waals surface area contributed by atoms with Crippen molar-refractivity contribution in [2.24, 2.45) is 5.92 Å². The molecule has 0 bridgehead atoms. The summed E-state index contributed by atoms with van der Waals surface area (Å²) in [6.07, 6.45) is -0.622. The van der Waals surface area contributed by atoms with E-state index >= 15 is 0 Å². The Morgan fingerprint density at radius 2 is 1.38 bits per heavy atom. The Labute approximate surface area is 220 Å². The summed E-state index contributed by atoms with van der Waals surface area (Å²) >= 11 is 0. The second kappa shape index (κ2) is 11.9. The zero-order chi connectivity index (χ0) is 28.3. The van der Waals surface area contributed by atoms with Crippen molar-refractivity contribution in [1.82, 2.24) is 0 Å². The number of alkyl halides is 2. The van der Waals surface area contributed by atoms with E-state index in [4.69, 9.17) is 4.74 Å². The summed E-state index contributed by atoms with van der Waals surface area (Å²) in [5, 5.41) is 0. The lowest BCUT2D eigenvalue weighted by atomic mass is 9.77. The SMILES string of the molecule is CCOCCC1CCC(c2cc(F)c(C(F)(F)Oc3ccc(-c4cc(F)c(F)c(F)c4)c(F)c3)c(F)c2)CC1. The molecule has 1 fully saturated rings. The average Bonchev–Trinajstić information content (AvgIpc) is 2.87. The van der Waals surface area contributed by atoms with Crippen LogP contribution in [-0.2, 0) is 10.8 Å². The third kappa shape index (κ3) is 6.54. The zero-order valence-electron chi connectivity index (χ0n) is 21.0. The predicted molar refractivity (Wildman–Crippen MR) is 128 cm³/mol. The van der Waals surface area contributed by atoms with E-state index in [1.54, 1.807) is 0 Å². The van der Waals surface area contributed by atoms with E-state index in [0.717, 1.165) is 43.5 Å². The summed E-state index contributed by atoms with van der Waals surface area (Å²) in [6.45, 7) is 3.19.